The molecule has 3 aromatic rings. The maximum absolute atomic E-state index is 12.8. The summed E-state index contributed by atoms with van der Waals surface area (Å²) in [5.41, 5.74) is 1.61. The first kappa shape index (κ1) is 22.2. The molecule has 0 aliphatic rings. The summed E-state index contributed by atoms with van der Waals surface area (Å²) in [7, 11) is -2.34. The molecular weight excluding hydrogens is 426 g/mol. The van der Waals surface area contributed by atoms with Crippen molar-refractivity contribution in [2.75, 3.05) is 16.7 Å². The number of alkyl halides is 2. The van der Waals surface area contributed by atoms with Crippen molar-refractivity contribution in [3.05, 3.63) is 83.9 Å². The molecule has 0 saturated carbocycles. The number of hydrogen-bond donors (Lipinski definition) is 1. The van der Waals surface area contributed by atoms with Gasteiger partial charge in [-0.3, -0.25) is 9.10 Å². The highest BCUT2D eigenvalue weighted by molar-refractivity contribution is 7.92. The first-order valence-corrected chi connectivity index (χ1v) is 10.6. The van der Waals surface area contributed by atoms with E-state index in [0.29, 0.717) is 5.69 Å². The molecule has 3 rings (SSSR count). The van der Waals surface area contributed by atoms with Crippen LogP contribution in [0.1, 0.15) is 15.9 Å². The number of rotatable bonds is 7. The number of carbonyl (C=O) groups excluding carboxylic acids is 1. The number of aryl methyl sites for hydroxylation is 1. The number of halogens is 2. The highest BCUT2D eigenvalue weighted by Crippen LogP contribution is 2.27. The summed E-state index contributed by atoms with van der Waals surface area (Å²) in [5.74, 6) is -0.715. The second-order valence-corrected chi connectivity index (χ2v) is 8.63. The van der Waals surface area contributed by atoms with Crippen molar-refractivity contribution in [3.8, 4) is 5.75 Å². The van der Waals surface area contributed by atoms with Gasteiger partial charge in [0.25, 0.3) is 15.9 Å². The number of carbonyl (C=O) groups is 1. The Morgan fingerprint density at radius 2 is 1.58 bits per heavy atom. The van der Waals surface area contributed by atoms with Gasteiger partial charge in [-0.05, 0) is 55.5 Å². The van der Waals surface area contributed by atoms with Gasteiger partial charge in [0.2, 0.25) is 0 Å². The molecule has 0 fully saturated rings. The van der Waals surface area contributed by atoms with Gasteiger partial charge in [0, 0.05) is 12.6 Å². The predicted octanol–water partition coefficient (Wildman–Crippen LogP) is 4.67. The number of amides is 1. The van der Waals surface area contributed by atoms with Crippen LogP contribution in [0.25, 0.3) is 0 Å². The van der Waals surface area contributed by atoms with Crippen molar-refractivity contribution in [1.82, 2.24) is 0 Å². The van der Waals surface area contributed by atoms with Crippen molar-refractivity contribution in [1.29, 1.82) is 0 Å². The molecule has 0 aliphatic heterocycles. The summed E-state index contributed by atoms with van der Waals surface area (Å²) >= 11 is 0. The summed E-state index contributed by atoms with van der Waals surface area (Å²) in [6.45, 7) is -1.16. The van der Waals surface area contributed by atoms with Crippen LogP contribution in [0, 0.1) is 6.92 Å². The number of benzene rings is 3. The molecule has 0 atom stereocenters. The SMILES string of the molecule is Cc1ccc(S(=O)(=O)N(C)c2ccc(C(=O)Nc3ccccc3OC(F)F)cc2)cc1. The fourth-order valence-electron chi connectivity index (χ4n) is 2.79. The predicted molar refractivity (Wildman–Crippen MR) is 114 cm³/mol. The molecule has 162 valence electrons. The largest absolute Gasteiger partial charge is 0.433 e. The minimum absolute atomic E-state index is 0.0935. The smallest absolute Gasteiger partial charge is 0.387 e. The Morgan fingerprint density at radius 3 is 2.19 bits per heavy atom. The second kappa shape index (κ2) is 9.13. The molecule has 1 amide bonds. The summed E-state index contributed by atoms with van der Waals surface area (Å²) in [5, 5.41) is 2.51. The number of nitrogens with one attached hydrogen (secondary N) is 1. The lowest BCUT2D eigenvalue weighted by atomic mass is 10.2. The van der Waals surface area contributed by atoms with Crippen LogP contribution in [-0.2, 0) is 10.0 Å². The Morgan fingerprint density at radius 1 is 0.968 bits per heavy atom. The minimum atomic E-state index is -3.76. The molecule has 0 radical (unpaired) electrons. The molecule has 0 saturated heterocycles. The summed E-state index contributed by atoms with van der Waals surface area (Å²) in [6, 6.07) is 18.2. The number of nitrogens with zero attached hydrogens (tertiary/aromatic N) is 1. The molecule has 0 aliphatic carbocycles. The Bertz CT molecular complexity index is 1160. The monoisotopic (exact) mass is 446 g/mol. The standard InChI is InChI=1S/C22H20F2N2O4S/c1-15-7-13-18(14-8-15)31(28,29)26(2)17-11-9-16(10-12-17)21(27)25-19-5-3-4-6-20(19)30-22(23)24/h3-14,22H,1-2H3,(H,25,27). The van der Waals surface area contributed by atoms with E-state index in [1.807, 2.05) is 6.92 Å². The van der Waals surface area contributed by atoms with Crippen molar-refractivity contribution in [3.63, 3.8) is 0 Å². The van der Waals surface area contributed by atoms with Gasteiger partial charge in [-0.15, -0.1) is 0 Å². The Hall–Kier alpha value is -3.46. The van der Waals surface area contributed by atoms with Crippen molar-refractivity contribution >= 4 is 27.3 Å². The van der Waals surface area contributed by atoms with Crippen LogP contribution >= 0.6 is 0 Å². The van der Waals surface area contributed by atoms with Gasteiger partial charge in [-0.1, -0.05) is 29.8 Å². The fraction of sp³-hybridized carbons (Fsp3) is 0.136. The molecule has 0 heterocycles. The molecule has 1 N–H and O–H groups in total. The molecular formula is C22H20F2N2O4S. The van der Waals surface area contributed by atoms with Crippen LogP contribution in [-0.4, -0.2) is 28.0 Å². The second-order valence-electron chi connectivity index (χ2n) is 6.66. The van der Waals surface area contributed by atoms with Crippen LogP contribution in [0.2, 0.25) is 0 Å². The van der Waals surface area contributed by atoms with Gasteiger partial charge >= 0.3 is 6.61 Å². The summed E-state index contributed by atoms with van der Waals surface area (Å²) in [6.07, 6.45) is 0. The van der Waals surface area contributed by atoms with E-state index in [2.05, 4.69) is 10.1 Å². The average molecular weight is 446 g/mol. The maximum Gasteiger partial charge on any atom is 0.387 e. The van der Waals surface area contributed by atoms with Crippen molar-refractivity contribution in [2.24, 2.45) is 0 Å². The first-order valence-electron chi connectivity index (χ1n) is 9.19. The fourth-order valence-corrected chi connectivity index (χ4v) is 3.99. The molecule has 31 heavy (non-hydrogen) atoms. The number of para-hydroxylation sites is 2. The van der Waals surface area contributed by atoms with Gasteiger partial charge in [0.05, 0.1) is 16.3 Å². The van der Waals surface area contributed by atoms with E-state index in [9.17, 15) is 22.0 Å². The van der Waals surface area contributed by atoms with E-state index < -0.39 is 22.5 Å². The molecule has 0 unspecified atom stereocenters. The van der Waals surface area contributed by atoms with Crippen molar-refractivity contribution in [2.45, 2.75) is 18.4 Å². The molecule has 6 nitrogen and oxygen atoms in total. The van der Waals surface area contributed by atoms with E-state index in [4.69, 9.17) is 0 Å². The quantitative estimate of drug-likeness (QED) is 0.572. The van der Waals surface area contributed by atoms with Gasteiger partial charge in [-0.2, -0.15) is 8.78 Å². The van der Waals surface area contributed by atoms with Gasteiger partial charge in [-0.25, -0.2) is 8.42 Å². The van der Waals surface area contributed by atoms with Gasteiger partial charge in [0.1, 0.15) is 5.75 Å². The van der Waals surface area contributed by atoms with Crippen LogP contribution < -0.4 is 14.4 Å². The third kappa shape index (κ3) is 5.18. The topological polar surface area (TPSA) is 75.7 Å². The zero-order valence-electron chi connectivity index (χ0n) is 16.7. The maximum atomic E-state index is 12.8. The molecule has 0 aromatic heterocycles. The Kier molecular flexibility index (Phi) is 6.55. The highest BCUT2D eigenvalue weighted by atomic mass is 32.2. The van der Waals surface area contributed by atoms with E-state index >= 15 is 0 Å². The van der Waals surface area contributed by atoms with Gasteiger partial charge in [0.15, 0.2) is 0 Å². The molecule has 0 bridgehead atoms. The van der Waals surface area contributed by atoms with E-state index in [1.165, 1.54) is 61.6 Å². The number of sulfonamides is 1. The lowest BCUT2D eigenvalue weighted by Gasteiger charge is -2.20. The third-order valence-electron chi connectivity index (χ3n) is 4.52. The number of hydrogen-bond acceptors (Lipinski definition) is 4. The van der Waals surface area contributed by atoms with E-state index in [1.54, 1.807) is 18.2 Å². The number of ether oxygens (including phenoxy) is 1. The molecule has 0 spiro atoms. The molecule has 9 heteroatoms. The normalized spacial score (nSPS) is 11.3. The summed E-state index contributed by atoms with van der Waals surface area (Å²) < 4.78 is 56.2. The average Bonchev–Trinajstić information content (AvgIpc) is 2.74. The third-order valence-corrected chi connectivity index (χ3v) is 6.32. The lowest BCUT2D eigenvalue weighted by molar-refractivity contribution is -0.0493. The minimum Gasteiger partial charge on any atom is -0.433 e. The lowest BCUT2D eigenvalue weighted by Crippen LogP contribution is -2.26. The van der Waals surface area contributed by atoms with E-state index in [0.717, 1.165) is 9.87 Å². The van der Waals surface area contributed by atoms with Crippen LogP contribution in [0.5, 0.6) is 5.75 Å². The Balaban J connectivity index is 1.77. The van der Waals surface area contributed by atoms with Gasteiger partial charge < -0.3 is 10.1 Å². The first-order chi connectivity index (χ1) is 14.7. The van der Waals surface area contributed by atoms with Crippen LogP contribution in [0.4, 0.5) is 20.2 Å². The Labute approximate surface area is 179 Å². The highest BCUT2D eigenvalue weighted by Gasteiger charge is 2.21. The van der Waals surface area contributed by atoms with Crippen molar-refractivity contribution < 1.29 is 26.7 Å². The summed E-state index contributed by atoms with van der Waals surface area (Å²) in [4.78, 5) is 12.6. The zero-order valence-corrected chi connectivity index (χ0v) is 17.6. The van der Waals surface area contributed by atoms with Crippen LogP contribution in [0.3, 0.4) is 0 Å². The molecule has 3 aromatic carbocycles. The zero-order chi connectivity index (χ0) is 22.6. The number of anilines is 2. The van der Waals surface area contributed by atoms with E-state index in [-0.39, 0.29) is 21.9 Å². The van der Waals surface area contributed by atoms with Crippen LogP contribution in [0.15, 0.2) is 77.7 Å².